The maximum atomic E-state index is 13.7. The third kappa shape index (κ3) is 4.44. The Morgan fingerprint density at radius 3 is 2.72 bits per heavy atom. The Hall–Kier alpha value is -2.29. The van der Waals surface area contributed by atoms with E-state index in [2.05, 4.69) is 12.1 Å². The number of carbonyl (C=O) groups is 1. The van der Waals surface area contributed by atoms with Crippen molar-refractivity contribution < 1.29 is 17.9 Å². The Bertz CT molecular complexity index is 1260. The number of amides is 1. The number of thiazole rings is 1. The molecule has 1 fully saturated rings. The highest BCUT2D eigenvalue weighted by atomic mass is 32.2. The van der Waals surface area contributed by atoms with Gasteiger partial charge >= 0.3 is 0 Å². The first kappa shape index (κ1) is 22.9. The van der Waals surface area contributed by atoms with Crippen LogP contribution in [-0.2, 0) is 14.6 Å². The molecule has 0 N–H and O–H groups in total. The van der Waals surface area contributed by atoms with Crippen LogP contribution in [0.4, 0.5) is 5.13 Å². The van der Waals surface area contributed by atoms with E-state index in [1.165, 1.54) is 17.4 Å². The molecule has 4 rings (SSSR count). The van der Waals surface area contributed by atoms with E-state index in [0.717, 1.165) is 34.2 Å². The number of ether oxygens (including phenoxy) is 1. The van der Waals surface area contributed by atoms with Crippen molar-refractivity contribution in [3.63, 3.8) is 0 Å². The summed E-state index contributed by atoms with van der Waals surface area (Å²) in [4.78, 5) is 20.3. The zero-order valence-corrected chi connectivity index (χ0v) is 20.4. The molecule has 1 saturated heterocycles. The average molecular weight is 473 g/mol. The highest BCUT2D eigenvalue weighted by Crippen LogP contribution is 2.33. The molecule has 8 heteroatoms. The summed E-state index contributed by atoms with van der Waals surface area (Å²) in [6, 6.07) is 10.5. The molecule has 3 aromatic rings. The normalized spacial score (nSPS) is 16.7. The van der Waals surface area contributed by atoms with Gasteiger partial charge in [-0.2, -0.15) is 0 Å². The van der Waals surface area contributed by atoms with Gasteiger partial charge < -0.3 is 4.74 Å². The molecule has 0 aliphatic carbocycles. The molecule has 6 nitrogen and oxygen atoms in total. The van der Waals surface area contributed by atoms with Crippen LogP contribution < -0.4 is 4.90 Å². The first-order chi connectivity index (χ1) is 15.2. The van der Waals surface area contributed by atoms with E-state index in [1.807, 2.05) is 13.8 Å². The smallest absolute Gasteiger partial charge is 0.260 e. The van der Waals surface area contributed by atoms with Gasteiger partial charge in [0, 0.05) is 12.2 Å². The number of benzene rings is 2. The Labute approximate surface area is 193 Å². The van der Waals surface area contributed by atoms with Gasteiger partial charge in [0.25, 0.3) is 5.91 Å². The highest BCUT2D eigenvalue weighted by Gasteiger charge is 2.28. The number of fused-ring (bicyclic) bond motifs is 1. The highest BCUT2D eigenvalue weighted by molar-refractivity contribution is 7.92. The summed E-state index contributed by atoms with van der Waals surface area (Å²) < 4.78 is 32.1. The number of aromatic nitrogens is 1. The van der Waals surface area contributed by atoms with Crippen LogP contribution in [0.1, 0.15) is 48.2 Å². The van der Waals surface area contributed by atoms with Crippen LogP contribution in [-0.4, -0.2) is 43.8 Å². The molecule has 1 unspecified atom stereocenters. The van der Waals surface area contributed by atoms with Gasteiger partial charge in [-0.3, -0.25) is 9.69 Å². The van der Waals surface area contributed by atoms with Crippen LogP contribution in [0.15, 0.2) is 41.3 Å². The fraction of sp³-hybridized carbons (Fsp3) is 0.417. The lowest BCUT2D eigenvalue weighted by atomic mass is 10.1. The van der Waals surface area contributed by atoms with Gasteiger partial charge in [0.1, 0.15) is 0 Å². The second-order valence-electron chi connectivity index (χ2n) is 8.60. The molecule has 170 valence electrons. The monoisotopic (exact) mass is 472 g/mol. The Morgan fingerprint density at radius 2 is 2.03 bits per heavy atom. The van der Waals surface area contributed by atoms with Gasteiger partial charge in [0.2, 0.25) is 0 Å². The fourth-order valence-electron chi connectivity index (χ4n) is 3.95. The van der Waals surface area contributed by atoms with Crippen LogP contribution in [0.2, 0.25) is 0 Å². The molecule has 1 aromatic heterocycles. The number of hydrogen-bond acceptors (Lipinski definition) is 6. The number of rotatable bonds is 6. The van der Waals surface area contributed by atoms with Crippen molar-refractivity contribution in [3.8, 4) is 0 Å². The van der Waals surface area contributed by atoms with Crippen LogP contribution in [0.5, 0.6) is 0 Å². The lowest BCUT2D eigenvalue weighted by Gasteiger charge is -2.23. The molecule has 2 heterocycles. The number of sulfone groups is 1. The maximum absolute atomic E-state index is 13.7. The quantitative estimate of drug-likeness (QED) is 0.509. The first-order valence-corrected chi connectivity index (χ1v) is 13.2. The molecule has 1 amide bonds. The number of carbonyl (C=O) groups excluding carboxylic acids is 1. The van der Waals surface area contributed by atoms with Crippen LogP contribution >= 0.6 is 11.3 Å². The number of hydrogen-bond donors (Lipinski definition) is 0. The molecule has 0 saturated carbocycles. The standard InChI is InChI=1S/C24H28N2O4S2/c1-15(2)32(28,29)20-9-5-7-18(13-20)23(27)26(14-19-8-6-10-30-19)24-25-22-17(4)11-16(3)12-21(22)31-24/h5,7,9,11-13,15,19H,6,8,10,14H2,1-4H3. The van der Waals surface area contributed by atoms with Crippen LogP contribution in [0, 0.1) is 13.8 Å². The molecule has 0 radical (unpaired) electrons. The predicted molar refractivity (Wildman–Crippen MR) is 129 cm³/mol. The Morgan fingerprint density at radius 1 is 1.25 bits per heavy atom. The fourth-order valence-corrected chi connectivity index (χ4v) is 6.20. The third-order valence-electron chi connectivity index (χ3n) is 5.73. The largest absolute Gasteiger partial charge is 0.376 e. The Balaban J connectivity index is 1.76. The number of aryl methyl sites for hydroxylation is 2. The molecule has 0 spiro atoms. The van der Waals surface area contributed by atoms with Gasteiger partial charge in [0.15, 0.2) is 15.0 Å². The molecule has 0 bridgehead atoms. The van der Waals surface area contributed by atoms with Crippen molar-refractivity contribution in [1.82, 2.24) is 4.98 Å². The summed E-state index contributed by atoms with van der Waals surface area (Å²) in [5.41, 5.74) is 3.43. The number of nitrogens with zero attached hydrogens (tertiary/aromatic N) is 2. The Kier molecular flexibility index (Phi) is 6.38. The first-order valence-electron chi connectivity index (χ1n) is 10.8. The van der Waals surface area contributed by atoms with Crippen molar-refractivity contribution in [1.29, 1.82) is 0 Å². The zero-order valence-electron chi connectivity index (χ0n) is 18.8. The summed E-state index contributed by atoms with van der Waals surface area (Å²) in [6.45, 7) is 8.41. The molecule has 1 aliphatic heterocycles. The van der Waals surface area contributed by atoms with Gasteiger partial charge in [0.05, 0.1) is 33.0 Å². The number of anilines is 1. The maximum Gasteiger partial charge on any atom is 0.260 e. The van der Waals surface area contributed by atoms with Gasteiger partial charge in [-0.05, 0) is 75.9 Å². The summed E-state index contributed by atoms with van der Waals surface area (Å²) in [5, 5.41) is 0.0395. The lowest BCUT2D eigenvalue weighted by Crippen LogP contribution is -2.37. The van der Waals surface area contributed by atoms with Crippen molar-refractivity contribution in [2.45, 2.75) is 56.8 Å². The molecule has 2 aromatic carbocycles. The minimum absolute atomic E-state index is 0.0589. The summed E-state index contributed by atoms with van der Waals surface area (Å²) >= 11 is 1.47. The predicted octanol–water partition coefficient (Wildman–Crippen LogP) is 4.92. The third-order valence-corrected chi connectivity index (χ3v) is 8.91. The van der Waals surface area contributed by atoms with Crippen molar-refractivity contribution in [2.75, 3.05) is 18.1 Å². The topological polar surface area (TPSA) is 76.6 Å². The van der Waals surface area contributed by atoms with Gasteiger partial charge in [-0.25, -0.2) is 13.4 Å². The second kappa shape index (κ2) is 8.92. The molecule has 1 aliphatic rings. The van der Waals surface area contributed by atoms with E-state index in [1.54, 1.807) is 36.9 Å². The van der Waals surface area contributed by atoms with E-state index in [0.29, 0.717) is 23.8 Å². The molecule has 32 heavy (non-hydrogen) atoms. The van der Waals surface area contributed by atoms with Crippen LogP contribution in [0.3, 0.4) is 0 Å². The lowest BCUT2D eigenvalue weighted by molar-refractivity contribution is 0.0917. The van der Waals surface area contributed by atoms with Crippen molar-refractivity contribution in [3.05, 3.63) is 53.1 Å². The second-order valence-corrected chi connectivity index (χ2v) is 12.1. The SMILES string of the molecule is Cc1cc(C)c2nc(N(CC3CCCO3)C(=O)c3cccc(S(=O)(=O)C(C)C)c3)sc2c1. The van der Waals surface area contributed by atoms with Crippen molar-refractivity contribution >= 4 is 42.4 Å². The summed E-state index contributed by atoms with van der Waals surface area (Å²) in [5.74, 6) is -0.269. The minimum atomic E-state index is -3.48. The summed E-state index contributed by atoms with van der Waals surface area (Å²) in [6.07, 6.45) is 1.79. The van der Waals surface area contributed by atoms with Gasteiger partial charge in [-0.15, -0.1) is 0 Å². The molecule has 1 atom stereocenters. The van der Waals surface area contributed by atoms with Crippen molar-refractivity contribution in [2.24, 2.45) is 0 Å². The minimum Gasteiger partial charge on any atom is -0.376 e. The van der Waals surface area contributed by atoms with E-state index in [4.69, 9.17) is 9.72 Å². The van der Waals surface area contributed by atoms with E-state index in [9.17, 15) is 13.2 Å². The average Bonchev–Trinajstić information content (AvgIpc) is 3.41. The summed E-state index contributed by atoms with van der Waals surface area (Å²) in [7, 11) is -3.48. The van der Waals surface area contributed by atoms with E-state index in [-0.39, 0.29) is 16.9 Å². The van der Waals surface area contributed by atoms with Crippen LogP contribution in [0.25, 0.3) is 10.2 Å². The van der Waals surface area contributed by atoms with E-state index >= 15 is 0 Å². The van der Waals surface area contributed by atoms with E-state index < -0.39 is 15.1 Å². The molecular weight excluding hydrogens is 444 g/mol. The zero-order chi connectivity index (χ0) is 23.0. The molecular formula is C24H28N2O4S2. The van der Waals surface area contributed by atoms with Gasteiger partial charge in [-0.1, -0.05) is 23.5 Å².